The number of H-pyrrole nitrogens is 1. The first-order chi connectivity index (χ1) is 19.0. The number of halogens is 3. The zero-order valence-corrected chi connectivity index (χ0v) is 21.1. The number of ketones is 1. The van der Waals surface area contributed by atoms with Crippen LogP contribution in [0.4, 0.5) is 19.0 Å². The third kappa shape index (κ3) is 4.16. The number of amides is 1. The number of aromatic nitrogens is 7. The van der Waals surface area contributed by atoms with Crippen LogP contribution in [0.15, 0.2) is 30.9 Å². The number of fused-ring (bicyclic) bond motifs is 3. The predicted octanol–water partition coefficient (Wildman–Crippen LogP) is 2.84. The van der Waals surface area contributed by atoms with Crippen LogP contribution in [0, 0.1) is 0 Å². The average Bonchev–Trinajstić information content (AvgIpc) is 3.65. The van der Waals surface area contributed by atoms with E-state index in [1.165, 1.54) is 36.2 Å². The lowest BCUT2D eigenvalue weighted by molar-refractivity contribution is -0.207. The average molecular weight is 556 g/mol. The van der Waals surface area contributed by atoms with Crippen molar-refractivity contribution in [1.29, 1.82) is 0 Å². The number of alkyl halides is 3. The van der Waals surface area contributed by atoms with E-state index in [0.717, 1.165) is 18.9 Å². The van der Waals surface area contributed by atoms with Gasteiger partial charge in [0.1, 0.15) is 12.1 Å². The van der Waals surface area contributed by atoms with Gasteiger partial charge in [-0.1, -0.05) is 6.07 Å². The summed E-state index contributed by atoms with van der Waals surface area (Å²) in [4.78, 5) is 39.1. The van der Waals surface area contributed by atoms with E-state index in [1.807, 2.05) is 4.90 Å². The van der Waals surface area contributed by atoms with Crippen LogP contribution >= 0.6 is 0 Å². The van der Waals surface area contributed by atoms with Crippen LogP contribution in [0.3, 0.4) is 0 Å². The maximum absolute atomic E-state index is 13.1. The molecule has 2 aliphatic rings. The summed E-state index contributed by atoms with van der Waals surface area (Å²) in [6.07, 6.45) is -0.822. The number of aliphatic hydroxyl groups excluding tert-OH is 1. The Morgan fingerprint density at radius 1 is 1.18 bits per heavy atom. The van der Waals surface area contributed by atoms with Gasteiger partial charge in [-0.05, 0) is 38.7 Å². The molecule has 2 bridgehead atoms. The number of hydrogen-bond donors (Lipinski definition) is 3. The number of aromatic amines is 1. The van der Waals surface area contributed by atoms with Crippen molar-refractivity contribution in [2.24, 2.45) is 0 Å². The number of anilines is 1. The first-order valence-corrected chi connectivity index (χ1v) is 12.6. The standard InChI is InChI=1S/C25H24F3N9O3/c1-11(38)18-19(13-6-14-3-4-15(7-13)36(14)24(40)22-31-10-32-35-22)34-23-16(9-33-37(23)21(18)29)12-2-5-17(30-8-12)20(39)25(26,27)28/h2,5,8-10,13-15,20,39H,3-4,6-7,29H2,1H3,(H,31,32,35)/t13-,14+,15-,20-/m0/s1. The Morgan fingerprint density at radius 2 is 1.90 bits per heavy atom. The van der Waals surface area contributed by atoms with Crippen LogP contribution < -0.4 is 5.73 Å². The molecule has 0 aliphatic carbocycles. The second-order valence-corrected chi connectivity index (χ2v) is 10.1. The molecule has 6 rings (SSSR count). The quantitative estimate of drug-likeness (QED) is 0.314. The summed E-state index contributed by atoms with van der Waals surface area (Å²) in [6, 6.07) is 2.31. The molecular weight excluding hydrogens is 531 g/mol. The number of nitrogens with two attached hydrogens (primary N) is 1. The van der Waals surface area contributed by atoms with Crippen molar-refractivity contribution in [2.75, 3.05) is 5.73 Å². The van der Waals surface area contributed by atoms with Crippen molar-refractivity contribution >= 4 is 23.2 Å². The molecule has 4 aromatic heterocycles. The lowest BCUT2D eigenvalue weighted by Gasteiger charge is -2.38. The summed E-state index contributed by atoms with van der Waals surface area (Å²) in [5.41, 5.74) is 7.83. The van der Waals surface area contributed by atoms with Gasteiger partial charge in [-0.3, -0.25) is 14.6 Å². The van der Waals surface area contributed by atoms with Crippen LogP contribution in [0.25, 0.3) is 16.8 Å². The fraction of sp³-hybridized carbons (Fsp3) is 0.400. The SMILES string of the molecule is CC(=O)c1c([C@H]2C[C@H]3CC[C@@H](C2)N3C(=O)c2nnc[nH]2)nc2c(-c3ccc([C@H](O)C(F)(F)F)nc3)cnn2c1N. The molecule has 4 N–H and O–H groups in total. The first kappa shape index (κ1) is 25.9. The number of carbonyl (C=O) groups is 2. The minimum Gasteiger partial charge on any atom is -0.383 e. The normalized spacial score (nSPS) is 21.6. The molecule has 208 valence electrons. The molecule has 15 heteroatoms. The number of nitrogens with zero attached hydrogens (tertiary/aromatic N) is 7. The molecule has 40 heavy (non-hydrogen) atoms. The number of Topliss-reactive ketones (excluding diaryl/α,β-unsaturated/α-hetero) is 1. The van der Waals surface area contributed by atoms with Gasteiger partial charge in [0, 0.05) is 35.3 Å². The number of nitrogens with one attached hydrogen (secondary N) is 1. The van der Waals surface area contributed by atoms with E-state index < -0.39 is 18.0 Å². The minimum atomic E-state index is -4.85. The van der Waals surface area contributed by atoms with E-state index in [2.05, 4.69) is 25.3 Å². The Kier molecular flexibility index (Phi) is 6.05. The highest BCUT2D eigenvalue weighted by molar-refractivity contribution is 6.00. The fourth-order valence-corrected chi connectivity index (χ4v) is 5.95. The molecule has 0 spiro atoms. The number of nitrogen functional groups attached to an aromatic ring is 1. The molecule has 12 nitrogen and oxygen atoms in total. The van der Waals surface area contributed by atoms with Crippen molar-refractivity contribution in [2.45, 2.75) is 62.9 Å². The van der Waals surface area contributed by atoms with Gasteiger partial charge in [-0.25, -0.2) is 4.98 Å². The monoisotopic (exact) mass is 555 g/mol. The molecule has 1 amide bonds. The molecule has 2 fully saturated rings. The molecule has 0 unspecified atom stereocenters. The summed E-state index contributed by atoms with van der Waals surface area (Å²) >= 11 is 0. The summed E-state index contributed by atoms with van der Waals surface area (Å²) in [7, 11) is 0. The largest absolute Gasteiger partial charge is 0.420 e. The Labute approximate surface area is 224 Å². The van der Waals surface area contributed by atoms with Gasteiger partial charge in [0.2, 0.25) is 5.82 Å². The van der Waals surface area contributed by atoms with Gasteiger partial charge in [-0.2, -0.15) is 22.8 Å². The van der Waals surface area contributed by atoms with Crippen molar-refractivity contribution < 1.29 is 27.9 Å². The second-order valence-electron chi connectivity index (χ2n) is 10.1. The van der Waals surface area contributed by atoms with Gasteiger partial charge in [-0.15, -0.1) is 10.2 Å². The summed E-state index contributed by atoms with van der Waals surface area (Å²) in [5, 5.41) is 21.3. The van der Waals surface area contributed by atoms with Crippen molar-refractivity contribution in [1.82, 2.24) is 39.7 Å². The molecule has 6 heterocycles. The van der Waals surface area contributed by atoms with Crippen molar-refractivity contribution in [3.63, 3.8) is 0 Å². The molecule has 2 aliphatic heterocycles. The number of aliphatic hydroxyl groups is 1. The Hall–Kier alpha value is -4.40. The maximum Gasteiger partial charge on any atom is 0.420 e. The third-order valence-corrected chi connectivity index (χ3v) is 7.72. The number of carbonyl (C=O) groups excluding carboxylic acids is 2. The fourth-order valence-electron chi connectivity index (χ4n) is 5.95. The third-order valence-electron chi connectivity index (χ3n) is 7.72. The van der Waals surface area contributed by atoms with E-state index >= 15 is 0 Å². The van der Waals surface area contributed by atoms with E-state index in [-0.39, 0.29) is 46.9 Å². The van der Waals surface area contributed by atoms with Crippen LogP contribution in [0.2, 0.25) is 0 Å². The minimum absolute atomic E-state index is 0.0819. The van der Waals surface area contributed by atoms with E-state index in [4.69, 9.17) is 10.7 Å². The maximum atomic E-state index is 13.1. The van der Waals surface area contributed by atoms with E-state index in [1.54, 1.807) is 0 Å². The summed E-state index contributed by atoms with van der Waals surface area (Å²) in [5.74, 6) is -0.396. The molecule has 0 aromatic carbocycles. The summed E-state index contributed by atoms with van der Waals surface area (Å²) in [6.45, 7) is 1.40. The number of piperidine rings is 1. The van der Waals surface area contributed by atoms with Crippen LogP contribution in [0.1, 0.15) is 77.0 Å². The first-order valence-electron chi connectivity index (χ1n) is 12.6. The molecule has 2 saturated heterocycles. The van der Waals surface area contributed by atoms with Crippen molar-refractivity contribution in [3.8, 4) is 11.1 Å². The Bertz CT molecular complexity index is 1590. The van der Waals surface area contributed by atoms with Crippen LogP contribution in [-0.2, 0) is 0 Å². The van der Waals surface area contributed by atoms with Gasteiger partial charge < -0.3 is 20.7 Å². The van der Waals surface area contributed by atoms with E-state index in [0.29, 0.717) is 35.3 Å². The lowest BCUT2D eigenvalue weighted by Crippen LogP contribution is -2.46. The zero-order valence-electron chi connectivity index (χ0n) is 21.1. The molecule has 4 aromatic rings. The number of hydrogen-bond acceptors (Lipinski definition) is 9. The number of pyridine rings is 1. The Balaban J connectivity index is 1.37. The van der Waals surface area contributed by atoms with Gasteiger partial charge in [0.05, 0.1) is 23.1 Å². The Morgan fingerprint density at radius 3 is 2.48 bits per heavy atom. The number of rotatable bonds is 5. The highest BCUT2D eigenvalue weighted by Gasteiger charge is 2.46. The van der Waals surface area contributed by atoms with Crippen molar-refractivity contribution in [3.05, 3.63) is 53.6 Å². The lowest BCUT2D eigenvalue weighted by atomic mass is 9.85. The predicted molar refractivity (Wildman–Crippen MR) is 133 cm³/mol. The second kappa shape index (κ2) is 9.36. The molecular formula is C25H24F3N9O3. The molecule has 0 saturated carbocycles. The molecule has 0 radical (unpaired) electrons. The zero-order chi connectivity index (χ0) is 28.3. The topological polar surface area (TPSA) is 168 Å². The van der Waals surface area contributed by atoms with Crippen LogP contribution in [-0.4, -0.2) is 74.7 Å². The van der Waals surface area contributed by atoms with Gasteiger partial charge >= 0.3 is 6.18 Å². The highest BCUT2D eigenvalue weighted by Crippen LogP contribution is 2.45. The van der Waals surface area contributed by atoms with Gasteiger partial charge in [0.15, 0.2) is 17.5 Å². The van der Waals surface area contributed by atoms with E-state index in [9.17, 15) is 27.9 Å². The highest BCUT2D eigenvalue weighted by atomic mass is 19.4. The smallest absolute Gasteiger partial charge is 0.383 e. The van der Waals surface area contributed by atoms with Gasteiger partial charge in [0.25, 0.3) is 5.91 Å². The summed E-state index contributed by atoms with van der Waals surface area (Å²) < 4.78 is 40.0. The van der Waals surface area contributed by atoms with Crippen LogP contribution in [0.5, 0.6) is 0 Å². The molecule has 4 atom stereocenters.